The second-order valence-corrected chi connectivity index (χ2v) is 2.72. The highest BCUT2D eigenvalue weighted by Crippen LogP contribution is 2.29. The standard InChI is InChI=1S/C8H10N2O/c11-7-5-9-4-6-2-1-3-10-8(6)7/h4-5,10-11H,1-3H2. The van der Waals surface area contributed by atoms with E-state index in [0.717, 1.165) is 30.6 Å². The average molecular weight is 150 g/mol. The highest BCUT2D eigenvalue weighted by molar-refractivity contribution is 5.60. The van der Waals surface area contributed by atoms with Crippen molar-refractivity contribution in [3.05, 3.63) is 18.0 Å². The quantitative estimate of drug-likeness (QED) is 0.583. The number of rotatable bonds is 0. The third kappa shape index (κ3) is 1.02. The predicted molar refractivity (Wildman–Crippen MR) is 42.7 cm³/mol. The minimum Gasteiger partial charge on any atom is -0.504 e. The van der Waals surface area contributed by atoms with Crippen LogP contribution in [0.1, 0.15) is 12.0 Å². The third-order valence-electron chi connectivity index (χ3n) is 1.93. The van der Waals surface area contributed by atoms with Crippen LogP contribution in [-0.2, 0) is 6.42 Å². The second-order valence-electron chi connectivity index (χ2n) is 2.72. The third-order valence-corrected chi connectivity index (χ3v) is 1.93. The fraction of sp³-hybridized carbons (Fsp3) is 0.375. The molecule has 0 radical (unpaired) electrons. The van der Waals surface area contributed by atoms with Gasteiger partial charge in [-0.25, -0.2) is 0 Å². The molecular formula is C8H10N2O. The Kier molecular flexibility index (Phi) is 1.42. The Morgan fingerprint density at radius 1 is 1.45 bits per heavy atom. The number of pyridine rings is 1. The molecule has 0 unspecified atom stereocenters. The molecule has 0 bridgehead atoms. The highest BCUT2D eigenvalue weighted by atomic mass is 16.3. The van der Waals surface area contributed by atoms with Crippen LogP contribution in [0.2, 0.25) is 0 Å². The Balaban J connectivity index is 2.49. The van der Waals surface area contributed by atoms with E-state index in [9.17, 15) is 5.11 Å². The molecule has 3 heteroatoms. The molecule has 3 nitrogen and oxygen atoms in total. The van der Waals surface area contributed by atoms with Gasteiger partial charge in [0.2, 0.25) is 0 Å². The van der Waals surface area contributed by atoms with Gasteiger partial charge in [-0.15, -0.1) is 0 Å². The molecule has 0 amide bonds. The number of aryl methyl sites for hydroxylation is 1. The summed E-state index contributed by atoms with van der Waals surface area (Å²) in [6, 6.07) is 0. The van der Waals surface area contributed by atoms with Gasteiger partial charge >= 0.3 is 0 Å². The first-order valence-electron chi connectivity index (χ1n) is 3.77. The van der Waals surface area contributed by atoms with Crippen molar-refractivity contribution < 1.29 is 5.11 Å². The zero-order valence-electron chi connectivity index (χ0n) is 6.17. The number of aromatic hydroxyl groups is 1. The molecule has 2 N–H and O–H groups in total. The van der Waals surface area contributed by atoms with Crippen molar-refractivity contribution in [2.45, 2.75) is 12.8 Å². The number of nitrogens with one attached hydrogen (secondary N) is 1. The summed E-state index contributed by atoms with van der Waals surface area (Å²) in [7, 11) is 0. The zero-order chi connectivity index (χ0) is 7.68. The lowest BCUT2D eigenvalue weighted by molar-refractivity contribution is 0.472. The number of hydrogen-bond acceptors (Lipinski definition) is 3. The first-order chi connectivity index (χ1) is 5.38. The van der Waals surface area contributed by atoms with Crippen LogP contribution in [0.25, 0.3) is 0 Å². The van der Waals surface area contributed by atoms with Gasteiger partial charge in [-0.3, -0.25) is 4.98 Å². The van der Waals surface area contributed by atoms with Crippen molar-refractivity contribution in [2.75, 3.05) is 11.9 Å². The molecule has 0 saturated heterocycles. The number of aromatic nitrogens is 1. The van der Waals surface area contributed by atoms with Crippen molar-refractivity contribution in [2.24, 2.45) is 0 Å². The van der Waals surface area contributed by atoms with Crippen molar-refractivity contribution in [3.8, 4) is 5.75 Å². The van der Waals surface area contributed by atoms with Crippen molar-refractivity contribution >= 4 is 5.69 Å². The molecular weight excluding hydrogens is 140 g/mol. The Hall–Kier alpha value is -1.25. The van der Waals surface area contributed by atoms with Gasteiger partial charge in [-0.2, -0.15) is 0 Å². The van der Waals surface area contributed by atoms with Crippen LogP contribution < -0.4 is 5.32 Å². The van der Waals surface area contributed by atoms with Crippen molar-refractivity contribution in [3.63, 3.8) is 0 Å². The van der Waals surface area contributed by atoms with Gasteiger partial charge in [0.1, 0.15) is 0 Å². The maximum atomic E-state index is 9.33. The maximum absolute atomic E-state index is 9.33. The van der Waals surface area contributed by atoms with E-state index in [2.05, 4.69) is 10.3 Å². The van der Waals surface area contributed by atoms with Crippen LogP contribution in [-0.4, -0.2) is 16.6 Å². The fourth-order valence-corrected chi connectivity index (χ4v) is 1.38. The Bertz CT molecular complexity index is 273. The lowest BCUT2D eigenvalue weighted by Gasteiger charge is -2.17. The fourth-order valence-electron chi connectivity index (χ4n) is 1.38. The number of nitrogens with zero attached hydrogens (tertiary/aromatic N) is 1. The second kappa shape index (κ2) is 2.42. The van der Waals surface area contributed by atoms with E-state index >= 15 is 0 Å². The molecule has 0 aliphatic carbocycles. The summed E-state index contributed by atoms with van der Waals surface area (Å²) in [4.78, 5) is 3.91. The molecule has 2 heterocycles. The van der Waals surface area contributed by atoms with Crippen LogP contribution in [0.4, 0.5) is 5.69 Å². The van der Waals surface area contributed by atoms with Gasteiger partial charge in [0, 0.05) is 12.7 Å². The van der Waals surface area contributed by atoms with E-state index in [1.54, 1.807) is 6.20 Å². The molecule has 0 atom stereocenters. The molecule has 0 aromatic carbocycles. The van der Waals surface area contributed by atoms with Crippen LogP contribution in [0, 0.1) is 0 Å². The Morgan fingerprint density at radius 3 is 3.18 bits per heavy atom. The summed E-state index contributed by atoms with van der Waals surface area (Å²) in [6.45, 7) is 0.949. The summed E-state index contributed by atoms with van der Waals surface area (Å²) in [6.07, 6.45) is 5.42. The minimum absolute atomic E-state index is 0.266. The van der Waals surface area contributed by atoms with E-state index < -0.39 is 0 Å². The summed E-state index contributed by atoms with van der Waals surface area (Å²) in [5, 5.41) is 12.5. The molecule has 0 spiro atoms. The van der Waals surface area contributed by atoms with Gasteiger partial charge < -0.3 is 10.4 Å². The summed E-state index contributed by atoms with van der Waals surface area (Å²) in [5.41, 5.74) is 1.99. The summed E-state index contributed by atoms with van der Waals surface area (Å²) >= 11 is 0. The van der Waals surface area contributed by atoms with E-state index in [4.69, 9.17) is 0 Å². The van der Waals surface area contributed by atoms with Gasteiger partial charge in [-0.1, -0.05) is 0 Å². The van der Waals surface area contributed by atoms with Gasteiger partial charge in [-0.05, 0) is 18.4 Å². The van der Waals surface area contributed by atoms with Crippen LogP contribution in [0.3, 0.4) is 0 Å². The Morgan fingerprint density at radius 2 is 2.36 bits per heavy atom. The average Bonchev–Trinajstić information content (AvgIpc) is 2.06. The smallest absolute Gasteiger partial charge is 0.157 e. The summed E-state index contributed by atoms with van der Waals surface area (Å²) < 4.78 is 0. The largest absolute Gasteiger partial charge is 0.504 e. The molecule has 1 aliphatic rings. The molecule has 1 aromatic heterocycles. The van der Waals surface area contributed by atoms with E-state index in [1.807, 2.05) is 0 Å². The van der Waals surface area contributed by atoms with Gasteiger partial charge in [0.25, 0.3) is 0 Å². The lowest BCUT2D eigenvalue weighted by atomic mass is 10.1. The van der Waals surface area contributed by atoms with E-state index in [0.29, 0.717) is 0 Å². The SMILES string of the molecule is Oc1cncc2c1NCCC2. The lowest BCUT2D eigenvalue weighted by Crippen LogP contribution is -2.11. The van der Waals surface area contributed by atoms with Crippen LogP contribution in [0.5, 0.6) is 5.75 Å². The van der Waals surface area contributed by atoms with Crippen LogP contribution in [0.15, 0.2) is 12.4 Å². The predicted octanol–water partition coefficient (Wildman–Crippen LogP) is 1.15. The molecule has 0 fully saturated rings. The van der Waals surface area contributed by atoms with E-state index in [-0.39, 0.29) is 5.75 Å². The molecule has 2 rings (SSSR count). The molecule has 58 valence electrons. The molecule has 1 aliphatic heterocycles. The zero-order valence-corrected chi connectivity index (χ0v) is 6.17. The highest BCUT2D eigenvalue weighted by Gasteiger charge is 2.11. The first-order valence-corrected chi connectivity index (χ1v) is 3.77. The molecule has 11 heavy (non-hydrogen) atoms. The monoisotopic (exact) mass is 150 g/mol. The molecule has 1 aromatic rings. The Labute approximate surface area is 65.1 Å². The van der Waals surface area contributed by atoms with Crippen LogP contribution >= 0.6 is 0 Å². The van der Waals surface area contributed by atoms with Crippen molar-refractivity contribution in [1.82, 2.24) is 4.98 Å². The molecule has 0 saturated carbocycles. The van der Waals surface area contributed by atoms with Gasteiger partial charge in [0.15, 0.2) is 5.75 Å². The minimum atomic E-state index is 0.266. The van der Waals surface area contributed by atoms with Gasteiger partial charge in [0.05, 0.1) is 11.9 Å². The maximum Gasteiger partial charge on any atom is 0.157 e. The number of anilines is 1. The van der Waals surface area contributed by atoms with Crippen molar-refractivity contribution in [1.29, 1.82) is 0 Å². The summed E-state index contributed by atoms with van der Waals surface area (Å²) in [5.74, 6) is 0.266. The number of fused-ring (bicyclic) bond motifs is 1. The first kappa shape index (κ1) is 6.46. The number of hydrogen-bond donors (Lipinski definition) is 2. The van der Waals surface area contributed by atoms with E-state index in [1.165, 1.54) is 6.20 Å². The normalized spacial score (nSPS) is 15.3. The topological polar surface area (TPSA) is 45.2 Å².